The summed E-state index contributed by atoms with van der Waals surface area (Å²) in [6.45, 7) is 2.52. The predicted molar refractivity (Wildman–Crippen MR) is 143 cm³/mol. The van der Waals surface area contributed by atoms with Gasteiger partial charge in [-0.25, -0.2) is 4.79 Å². The lowest BCUT2D eigenvalue weighted by atomic mass is 10.1. The van der Waals surface area contributed by atoms with Crippen LogP contribution in [0.4, 0.5) is 11.4 Å². The number of fused-ring (bicyclic) bond motifs is 1. The first-order chi connectivity index (χ1) is 18.4. The number of carbonyl (C=O) groups excluding carboxylic acids is 3. The van der Waals surface area contributed by atoms with E-state index in [1.54, 1.807) is 66.6 Å². The summed E-state index contributed by atoms with van der Waals surface area (Å²) >= 11 is 0. The van der Waals surface area contributed by atoms with E-state index in [9.17, 15) is 14.4 Å². The molecule has 1 aliphatic rings. The smallest absolute Gasteiger partial charge is 0.337 e. The molecule has 0 fully saturated rings. The predicted octanol–water partition coefficient (Wildman–Crippen LogP) is 4.46. The molecule has 3 aromatic carbocycles. The van der Waals surface area contributed by atoms with E-state index in [-0.39, 0.29) is 25.0 Å². The Hall–Kier alpha value is -4.79. The highest BCUT2D eigenvalue weighted by Gasteiger charge is 2.26. The minimum atomic E-state index is -0.456. The molecule has 0 saturated heterocycles. The fourth-order valence-corrected chi connectivity index (χ4v) is 3.97. The van der Waals surface area contributed by atoms with Crippen molar-refractivity contribution in [1.29, 1.82) is 0 Å². The average Bonchev–Trinajstić information content (AvgIpc) is 2.94. The van der Waals surface area contributed by atoms with Gasteiger partial charge in [0.2, 0.25) is 5.91 Å². The number of anilines is 2. The summed E-state index contributed by atoms with van der Waals surface area (Å²) < 4.78 is 21.2. The van der Waals surface area contributed by atoms with Crippen LogP contribution in [0, 0.1) is 0 Å². The van der Waals surface area contributed by atoms with Crippen molar-refractivity contribution in [3.05, 3.63) is 83.4 Å². The zero-order valence-electron chi connectivity index (χ0n) is 21.4. The maximum atomic E-state index is 12.7. The topological polar surface area (TPSA) is 103 Å². The molecule has 1 aliphatic heterocycles. The van der Waals surface area contributed by atoms with Crippen LogP contribution >= 0.6 is 0 Å². The number of hydrogen-bond acceptors (Lipinski definition) is 7. The molecule has 0 spiro atoms. The molecule has 9 heteroatoms. The number of carbonyl (C=O) groups is 3. The summed E-state index contributed by atoms with van der Waals surface area (Å²) in [6, 6.07) is 17.4. The molecule has 0 bridgehead atoms. The summed E-state index contributed by atoms with van der Waals surface area (Å²) in [5.41, 5.74) is 2.92. The third-order valence-corrected chi connectivity index (χ3v) is 5.77. The Labute approximate surface area is 220 Å². The van der Waals surface area contributed by atoms with Gasteiger partial charge in [0.25, 0.3) is 5.91 Å². The molecule has 0 unspecified atom stereocenters. The first kappa shape index (κ1) is 26.3. The summed E-state index contributed by atoms with van der Waals surface area (Å²) in [5.74, 6) is 0.674. The van der Waals surface area contributed by atoms with Crippen molar-refractivity contribution in [1.82, 2.24) is 0 Å². The molecule has 3 aromatic rings. The standard InChI is InChI=1S/C29H28N2O7/c1-4-37-25-11-8-19(15-26(25)35-2)9-13-27(32)30-22-10-12-24-23(16-22)31(28(33)18-38-24)17-20-6-5-7-21(14-20)29(34)36-3/h5-16H,4,17-18H2,1-3H3,(H,30,32)/b13-9+. The van der Waals surface area contributed by atoms with E-state index in [0.717, 1.165) is 11.1 Å². The van der Waals surface area contributed by atoms with Crippen LogP contribution in [0.3, 0.4) is 0 Å². The molecule has 4 rings (SSSR count). The minimum absolute atomic E-state index is 0.107. The number of methoxy groups -OCH3 is 2. The molecule has 1 N–H and O–H groups in total. The number of benzene rings is 3. The highest BCUT2D eigenvalue weighted by atomic mass is 16.5. The first-order valence-electron chi connectivity index (χ1n) is 12.0. The van der Waals surface area contributed by atoms with Crippen LogP contribution in [0.2, 0.25) is 0 Å². The molecule has 0 aromatic heterocycles. The molecule has 2 amide bonds. The molecular formula is C29H28N2O7. The number of rotatable bonds is 9. The lowest BCUT2D eigenvalue weighted by Gasteiger charge is -2.30. The molecule has 9 nitrogen and oxygen atoms in total. The zero-order chi connectivity index (χ0) is 27.1. The molecule has 196 valence electrons. The van der Waals surface area contributed by atoms with Crippen molar-refractivity contribution < 1.29 is 33.3 Å². The van der Waals surface area contributed by atoms with Crippen LogP contribution in [0.5, 0.6) is 17.2 Å². The van der Waals surface area contributed by atoms with Crippen LogP contribution in [0.15, 0.2) is 66.7 Å². The summed E-state index contributed by atoms with van der Waals surface area (Å²) in [4.78, 5) is 38.8. The summed E-state index contributed by atoms with van der Waals surface area (Å²) in [6.07, 6.45) is 3.07. The highest BCUT2D eigenvalue weighted by Crippen LogP contribution is 2.35. The van der Waals surface area contributed by atoms with Crippen LogP contribution in [0.25, 0.3) is 6.08 Å². The van der Waals surface area contributed by atoms with Gasteiger partial charge in [0.1, 0.15) is 5.75 Å². The quantitative estimate of drug-likeness (QED) is 0.331. The van der Waals surface area contributed by atoms with Crippen molar-refractivity contribution in [2.75, 3.05) is 37.7 Å². The third kappa shape index (κ3) is 6.12. The molecule has 0 radical (unpaired) electrons. The molecule has 0 aliphatic carbocycles. The number of nitrogens with one attached hydrogen (secondary N) is 1. The third-order valence-electron chi connectivity index (χ3n) is 5.77. The van der Waals surface area contributed by atoms with E-state index in [1.807, 2.05) is 19.1 Å². The summed E-state index contributed by atoms with van der Waals surface area (Å²) in [5, 5.41) is 2.82. The lowest BCUT2D eigenvalue weighted by Crippen LogP contribution is -2.38. The second-order valence-electron chi connectivity index (χ2n) is 8.31. The van der Waals surface area contributed by atoms with Crippen LogP contribution in [-0.4, -0.2) is 45.2 Å². The zero-order valence-corrected chi connectivity index (χ0v) is 21.4. The minimum Gasteiger partial charge on any atom is -0.493 e. The number of esters is 1. The fraction of sp³-hybridized carbons (Fsp3) is 0.207. The fourth-order valence-electron chi connectivity index (χ4n) is 3.97. The second-order valence-corrected chi connectivity index (χ2v) is 8.31. The van der Waals surface area contributed by atoms with Crippen molar-refractivity contribution in [2.45, 2.75) is 13.5 Å². The van der Waals surface area contributed by atoms with Gasteiger partial charge in [-0.1, -0.05) is 18.2 Å². The monoisotopic (exact) mass is 516 g/mol. The molecule has 1 heterocycles. The maximum absolute atomic E-state index is 12.7. The Kier molecular flexibility index (Phi) is 8.27. The number of amides is 2. The Morgan fingerprint density at radius 1 is 1.05 bits per heavy atom. The van der Waals surface area contributed by atoms with E-state index in [2.05, 4.69) is 5.32 Å². The van der Waals surface area contributed by atoms with Gasteiger partial charge in [0.05, 0.1) is 38.6 Å². The lowest BCUT2D eigenvalue weighted by molar-refractivity contribution is -0.121. The van der Waals surface area contributed by atoms with Crippen molar-refractivity contribution >= 4 is 35.2 Å². The molecule has 0 atom stereocenters. The first-order valence-corrected chi connectivity index (χ1v) is 12.0. The van der Waals surface area contributed by atoms with E-state index < -0.39 is 5.97 Å². The van der Waals surface area contributed by atoms with Crippen LogP contribution in [-0.2, 0) is 20.9 Å². The van der Waals surface area contributed by atoms with Crippen molar-refractivity contribution in [3.8, 4) is 17.2 Å². The molecule has 0 saturated carbocycles. The van der Waals surface area contributed by atoms with Gasteiger partial charge in [-0.05, 0) is 66.6 Å². The van der Waals surface area contributed by atoms with Crippen molar-refractivity contribution in [2.24, 2.45) is 0 Å². The van der Waals surface area contributed by atoms with Gasteiger partial charge >= 0.3 is 5.97 Å². The van der Waals surface area contributed by atoms with Gasteiger partial charge < -0.3 is 29.2 Å². The van der Waals surface area contributed by atoms with Crippen LogP contribution < -0.4 is 24.4 Å². The summed E-state index contributed by atoms with van der Waals surface area (Å²) in [7, 11) is 2.87. The number of hydrogen-bond donors (Lipinski definition) is 1. The highest BCUT2D eigenvalue weighted by molar-refractivity contribution is 6.03. The second kappa shape index (κ2) is 12.0. The Morgan fingerprint density at radius 3 is 2.66 bits per heavy atom. The Balaban J connectivity index is 1.50. The van der Waals surface area contributed by atoms with Gasteiger partial charge in [-0.15, -0.1) is 0 Å². The van der Waals surface area contributed by atoms with Gasteiger partial charge in [0.15, 0.2) is 18.1 Å². The molecular weight excluding hydrogens is 488 g/mol. The Bertz CT molecular complexity index is 1380. The SMILES string of the molecule is CCOc1ccc(/C=C/C(=O)Nc2ccc3c(c2)N(Cc2cccc(C(=O)OC)c2)C(=O)CO3)cc1OC. The van der Waals surface area contributed by atoms with Crippen LogP contribution in [0.1, 0.15) is 28.4 Å². The van der Waals surface area contributed by atoms with Gasteiger partial charge in [-0.2, -0.15) is 0 Å². The largest absolute Gasteiger partial charge is 0.493 e. The van der Waals surface area contributed by atoms with Gasteiger partial charge in [-0.3, -0.25) is 9.59 Å². The average molecular weight is 517 g/mol. The molecule has 38 heavy (non-hydrogen) atoms. The Morgan fingerprint density at radius 2 is 1.89 bits per heavy atom. The van der Waals surface area contributed by atoms with Crippen molar-refractivity contribution in [3.63, 3.8) is 0 Å². The van der Waals surface area contributed by atoms with Gasteiger partial charge in [0, 0.05) is 11.8 Å². The normalized spacial score (nSPS) is 12.5. The van der Waals surface area contributed by atoms with E-state index in [1.165, 1.54) is 13.2 Å². The number of nitrogens with zero attached hydrogens (tertiary/aromatic N) is 1. The van der Waals surface area contributed by atoms with E-state index in [4.69, 9.17) is 18.9 Å². The van der Waals surface area contributed by atoms with E-state index in [0.29, 0.717) is 40.8 Å². The van der Waals surface area contributed by atoms with E-state index >= 15 is 0 Å². The maximum Gasteiger partial charge on any atom is 0.337 e. The number of ether oxygens (including phenoxy) is 4.